The summed E-state index contributed by atoms with van der Waals surface area (Å²) >= 11 is 1.32. The van der Waals surface area contributed by atoms with E-state index in [4.69, 9.17) is 0 Å². The van der Waals surface area contributed by atoms with Gasteiger partial charge in [0.2, 0.25) is 0 Å². The minimum Gasteiger partial charge on any atom is -0.350 e. The Kier molecular flexibility index (Phi) is 4.76. The average molecular weight is 410 g/mol. The zero-order valence-electron chi connectivity index (χ0n) is 15.6. The number of halogens is 2. The van der Waals surface area contributed by atoms with Gasteiger partial charge in [-0.05, 0) is 60.7 Å². The second-order valence-corrected chi connectivity index (χ2v) is 7.64. The van der Waals surface area contributed by atoms with Crippen LogP contribution in [0.5, 0.6) is 0 Å². The van der Waals surface area contributed by atoms with Crippen LogP contribution in [0, 0.1) is 25.5 Å². The van der Waals surface area contributed by atoms with Gasteiger partial charge >= 0.3 is 0 Å². The van der Waals surface area contributed by atoms with Crippen molar-refractivity contribution in [2.75, 3.05) is 10.2 Å². The third-order valence-corrected chi connectivity index (χ3v) is 5.68. The van der Waals surface area contributed by atoms with Gasteiger partial charge in [-0.1, -0.05) is 12.1 Å². The molecule has 4 nitrogen and oxygen atoms in total. The van der Waals surface area contributed by atoms with Gasteiger partial charge in [0.1, 0.15) is 5.70 Å². The standard InChI is InChI=1S/C22H16F2N2O2S/c1-12-5-6-14(10-13(12)2)25-20-19(18-4-3-9-29-18)21(27)26(22(20)28)15-7-8-16(23)17(24)11-15/h3-11,25H,1-2H3. The van der Waals surface area contributed by atoms with E-state index in [2.05, 4.69) is 5.32 Å². The molecule has 2 amide bonds. The summed E-state index contributed by atoms with van der Waals surface area (Å²) < 4.78 is 27.1. The smallest absolute Gasteiger partial charge is 0.282 e. The van der Waals surface area contributed by atoms with Crippen LogP contribution in [0.2, 0.25) is 0 Å². The third kappa shape index (κ3) is 3.34. The number of hydrogen-bond donors (Lipinski definition) is 1. The third-order valence-electron chi connectivity index (χ3n) is 4.79. The Morgan fingerprint density at radius 1 is 0.897 bits per heavy atom. The summed E-state index contributed by atoms with van der Waals surface area (Å²) in [6, 6.07) is 12.1. The van der Waals surface area contributed by atoms with E-state index in [0.29, 0.717) is 10.6 Å². The fraction of sp³-hybridized carbons (Fsp3) is 0.0909. The number of benzene rings is 2. The van der Waals surface area contributed by atoms with Crippen molar-refractivity contribution in [1.29, 1.82) is 0 Å². The molecule has 2 aromatic carbocycles. The number of carbonyl (C=O) groups is 2. The molecule has 1 aliphatic rings. The molecule has 0 radical (unpaired) electrons. The largest absolute Gasteiger partial charge is 0.350 e. The van der Waals surface area contributed by atoms with E-state index in [9.17, 15) is 18.4 Å². The average Bonchev–Trinajstić information content (AvgIpc) is 3.28. The first-order valence-corrected chi connectivity index (χ1v) is 9.71. The maximum absolute atomic E-state index is 13.7. The van der Waals surface area contributed by atoms with Gasteiger partial charge in [-0.2, -0.15) is 0 Å². The molecule has 0 spiro atoms. The topological polar surface area (TPSA) is 49.4 Å². The van der Waals surface area contributed by atoms with Crippen LogP contribution in [-0.2, 0) is 9.59 Å². The number of hydrogen-bond acceptors (Lipinski definition) is 4. The lowest BCUT2D eigenvalue weighted by atomic mass is 10.1. The minimum absolute atomic E-state index is 0.0233. The Balaban J connectivity index is 1.80. The summed E-state index contributed by atoms with van der Waals surface area (Å²) in [4.78, 5) is 27.8. The number of amides is 2. The van der Waals surface area contributed by atoms with E-state index >= 15 is 0 Å². The monoisotopic (exact) mass is 410 g/mol. The molecule has 0 atom stereocenters. The van der Waals surface area contributed by atoms with Crippen LogP contribution in [0.3, 0.4) is 0 Å². The number of aryl methyl sites for hydroxylation is 2. The van der Waals surface area contributed by atoms with Gasteiger partial charge in [-0.3, -0.25) is 9.59 Å². The molecule has 1 aliphatic heterocycles. The maximum atomic E-state index is 13.7. The first kappa shape index (κ1) is 19.0. The molecule has 3 aromatic rings. The molecule has 0 aliphatic carbocycles. The van der Waals surface area contributed by atoms with Crippen LogP contribution < -0.4 is 10.2 Å². The SMILES string of the molecule is Cc1ccc(NC2=C(c3cccs3)C(=O)N(c3ccc(F)c(F)c3)C2=O)cc1C. The first-order valence-electron chi connectivity index (χ1n) is 8.83. The van der Waals surface area contributed by atoms with Crippen molar-refractivity contribution < 1.29 is 18.4 Å². The van der Waals surface area contributed by atoms with Crippen LogP contribution in [-0.4, -0.2) is 11.8 Å². The highest BCUT2D eigenvalue weighted by molar-refractivity contribution is 7.11. The number of nitrogens with one attached hydrogen (secondary N) is 1. The Bertz CT molecular complexity index is 1170. The van der Waals surface area contributed by atoms with E-state index in [1.54, 1.807) is 17.5 Å². The van der Waals surface area contributed by atoms with Gasteiger partial charge < -0.3 is 5.32 Å². The van der Waals surface area contributed by atoms with Crippen molar-refractivity contribution in [3.63, 3.8) is 0 Å². The summed E-state index contributed by atoms with van der Waals surface area (Å²) in [6.45, 7) is 3.93. The van der Waals surface area contributed by atoms with Crippen molar-refractivity contribution in [3.05, 3.63) is 87.2 Å². The lowest BCUT2D eigenvalue weighted by Crippen LogP contribution is -2.32. The highest BCUT2D eigenvalue weighted by Gasteiger charge is 2.41. The summed E-state index contributed by atoms with van der Waals surface area (Å²) in [5.74, 6) is -3.39. The van der Waals surface area contributed by atoms with Crippen LogP contribution in [0.15, 0.2) is 59.6 Å². The van der Waals surface area contributed by atoms with Crippen LogP contribution in [0.4, 0.5) is 20.2 Å². The normalized spacial score (nSPS) is 14.1. The molecule has 0 saturated carbocycles. The predicted molar refractivity (Wildman–Crippen MR) is 110 cm³/mol. The zero-order valence-corrected chi connectivity index (χ0v) is 16.4. The second-order valence-electron chi connectivity index (χ2n) is 6.70. The number of anilines is 2. The molecule has 0 fully saturated rings. The minimum atomic E-state index is -1.13. The molecule has 1 N–H and O–H groups in total. The number of imide groups is 1. The van der Waals surface area contributed by atoms with Gasteiger partial charge in [0.05, 0.1) is 11.3 Å². The molecule has 1 aromatic heterocycles. The molecule has 7 heteroatoms. The molecule has 146 valence electrons. The van der Waals surface area contributed by atoms with Crippen molar-refractivity contribution in [2.45, 2.75) is 13.8 Å². The summed E-state index contributed by atoms with van der Waals surface area (Å²) in [5, 5.41) is 4.86. The van der Waals surface area contributed by atoms with Gasteiger partial charge in [0.15, 0.2) is 11.6 Å². The predicted octanol–water partition coefficient (Wildman–Crippen LogP) is 5.04. The Morgan fingerprint density at radius 2 is 1.69 bits per heavy atom. The van der Waals surface area contributed by atoms with Gasteiger partial charge in [0.25, 0.3) is 11.8 Å². The number of nitrogens with zero attached hydrogens (tertiary/aromatic N) is 1. The Morgan fingerprint density at radius 3 is 2.34 bits per heavy atom. The van der Waals surface area contributed by atoms with Crippen molar-refractivity contribution in [2.24, 2.45) is 0 Å². The van der Waals surface area contributed by atoms with E-state index in [0.717, 1.165) is 28.2 Å². The molecular weight excluding hydrogens is 394 g/mol. The van der Waals surface area contributed by atoms with Gasteiger partial charge in [0, 0.05) is 16.6 Å². The molecule has 4 rings (SSSR count). The van der Waals surface area contributed by atoms with Crippen LogP contribution in [0.1, 0.15) is 16.0 Å². The maximum Gasteiger partial charge on any atom is 0.282 e. The lowest BCUT2D eigenvalue weighted by Gasteiger charge is -2.15. The molecule has 0 saturated heterocycles. The fourth-order valence-electron chi connectivity index (χ4n) is 3.12. The quantitative estimate of drug-likeness (QED) is 0.613. The molecule has 0 bridgehead atoms. The number of rotatable bonds is 4. The summed E-state index contributed by atoms with van der Waals surface area (Å²) in [7, 11) is 0. The van der Waals surface area contributed by atoms with Gasteiger partial charge in [-0.15, -0.1) is 11.3 Å². The number of carbonyl (C=O) groups excluding carboxylic acids is 2. The van der Waals surface area contributed by atoms with Crippen LogP contribution in [0.25, 0.3) is 5.57 Å². The Labute approximate surface area is 170 Å². The fourth-order valence-corrected chi connectivity index (χ4v) is 3.89. The van der Waals surface area contributed by atoms with Crippen molar-refractivity contribution in [1.82, 2.24) is 0 Å². The molecule has 0 unspecified atom stereocenters. The highest BCUT2D eigenvalue weighted by atomic mass is 32.1. The molecule has 29 heavy (non-hydrogen) atoms. The van der Waals surface area contributed by atoms with Crippen molar-refractivity contribution in [3.8, 4) is 0 Å². The van der Waals surface area contributed by atoms with E-state index < -0.39 is 23.4 Å². The molecule has 2 heterocycles. The second kappa shape index (κ2) is 7.25. The van der Waals surface area contributed by atoms with E-state index in [1.807, 2.05) is 32.0 Å². The Hall–Kier alpha value is -3.32. The highest BCUT2D eigenvalue weighted by Crippen LogP contribution is 2.36. The van der Waals surface area contributed by atoms with E-state index in [-0.39, 0.29) is 17.0 Å². The number of thiophene rings is 1. The summed E-state index contributed by atoms with van der Waals surface area (Å²) in [5.41, 5.74) is 3.07. The van der Waals surface area contributed by atoms with Crippen molar-refractivity contribution >= 4 is 40.1 Å². The first-order chi connectivity index (χ1) is 13.9. The molecular formula is C22H16F2N2O2S. The van der Waals surface area contributed by atoms with E-state index in [1.165, 1.54) is 17.4 Å². The van der Waals surface area contributed by atoms with Gasteiger partial charge in [-0.25, -0.2) is 13.7 Å². The zero-order chi connectivity index (χ0) is 20.7. The summed E-state index contributed by atoms with van der Waals surface area (Å²) in [6.07, 6.45) is 0. The van der Waals surface area contributed by atoms with Crippen LogP contribution >= 0.6 is 11.3 Å². The lowest BCUT2D eigenvalue weighted by molar-refractivity contribution is -0.120.